The van der Waals surface area contributed by atoms with E-state index in [9.17, 15) is 0 Å². The molecule has 0 N–H and O–H groups in total. The van der Waals surface area contributed by atoms with Gasteiger partial charge in [-0.1, -0.05) is 18.2 Å². The lowest BCUT2D eigenvalue weighted by Crippen LogP contribution is -1.71. The molecule has 1 aromatic carbocycles. The maximum atomic E-state index is 5.55. The van der Waals surface area contributed by atoms with Gasteiger partial charge in [-0.25, -0.2) is 0 Å². The van der Waals surface area contributed by atoms with Crippen LogP contribution in [0.2, 0.25) is 0 Å². The highest BCUT2D eigenvalue weighted by molar-refractivity contribution is 5.81. The van der Waals surface area contributed by atoms with Gasteiger partial charge in [0.2, 0.25) is 0 Å². The number of hydrogen-bond acceptors (Lipinski definition) is 4. The van der Waals surface area contributed by atoms with Crippen molar-refractivity contribution in [3.05, 3.63) is 36.6 Å². The number of fused-ring (bicyclic) bond motifs is 1. The minimum atomic E-state index is 0.612. The van der Waals surface area contributed by atoms with E-state index >= 15 is 0 Å². The van der Waals surface area contributed by atoms with Crippen LogP contribution in [0.3, 0.4) is 0 Å². The number of benzene rings is 1. The summed E-state index contributed by atoms with van der Waals surface area (Å²) in [4.78, 5) is 0. The zero-order valence-electron chi connectivity index (χ0n) is 7.18. The zero-order chi connectivity index (χ0) is 9.38. The summed E-state index contributed by atoms with van der Waals surface area (Å²) in [6, 6.07) is 9.69. The van der Waals surface area contributed by atoms with E-state index < -0.39 is 0 Å². The Labute approximate surface area is 79.1 Å². The van der Waals surface area contributed by atoms with Crippen molar-refractivity contribution in [2.45, 2.75) is 0 Å². The quantitative estimate of drug-likeness (QED) is 0.585. The average Bonchev–Trinajstić information content (AvgIpc) is 2.86. The predicted molar refractivity (Wildman–Crippen MR) is 49.5 cm³/mol. The van der Waals surface area contributed by atoms with E-state index in [4.69, 9.17) is 4.42 Å². The molecule has 0 saturated carbocycles. The lowest BCUT2D eigenvalue weighted by Gasteiger charge is -1.83. The molecule has 0 aliphatic rings. The lowest BCUT2D eigenvalue weighted by molar-refractivity contribution is 0.393. The smallest absolute Gasteiger partial charge is 0.169 e. The van der Waals surface area contributed by atoms with Gasteiger partial charge in [-0.05, 0) is 12.1 Å². The van der Waals surface area contributed by atoms with Gasteiger partial charge in [0.25, 0.3) is 0 Å². The highest BCUT2D eigenvalue weighted by Gasteiger charge is 2.08. The van der Waals surface area contributed by atoms with Crippen LogP contribution < -0.4 is 0 Å². The van der Waals surface area contributed by atoms with Gasteiger partial charge < -0.3 is 8.94 Å². The average molecular weight is 186 g/mol. The first-order valence-electron chi connectivity index (χ1n) is 4.19. The summed E-state index contributed by atoms with van der Waals surface area (Å²) < 4.78 is 10.2. The molecule has 0 saturated heterocycles. The predicted octanol–water partition coefficient (Wildman–Crippen LogP) is 2.48. The second kappa shape index (κ2) is 2.70. The molecule has 0 radical (unpaired) electrons. The molecule has 2 aromatic heterocycles. The molecule has 0 unspecified atom stereocenters. The molecular weight excluding hydrogens is 180 g/mol. The van der Waals surface area contributed by atoms with Crippen molar-refractivity contribution >= 4 is 11.0 Å². The number of para-hydroxylation sites is 1. The van der Waals surface area contributed by atoms with Gasteiger partial charge in [0.1, 0.15) is 5.58 Å². The second-order valence-electron chi connectivity index (χ2n) is 2.94. The van der Waals surface area contributed by atoms with Crippen molar-refractivity contribution in [3.8, 4) is 11.5 Å². The molecule has 4 heteroatoms. The summed E-state index contributed by atoms with van der Waals surface area (Å²) in [7, 11) is 0. The second-order valence-corrected chi connectivity index (χ2v) is 2.94. The van der Waals surface area contributed by atoms with Crippen LogP contribution in [0.25, 0.3) is 22.4 Å². The lowest BCUT2D eigenvalue weighted by atomic mass is 10.2. The van der Waals surface area contributed by atoms with Crippen LogP contribution >= 0.6 is 0 Å². The van der Waals surface area contributed by atoms with Crippen LogP contribution in [0.4, 0.5) is 0 Å². The Hall–Kier alpha value is -2.10. The molecule has 0 atom stereocenters. The van der Waals surface area contributed by atoms with Gasteiger partial charge >= 0.3 is 0 Å². The first-order chi connectivity index (χ1) is 6.93. The SMILES string of the molecule is c1ccc2oc(-c3conn3)cc2c1. The van der Waals surface area contributed by atoms with Crippen LogP contribution in [-0.2, 0) is 0 Å². The van der Waals surface area contributed by atoms with Crippen molar-refractivity contribution in [3.63, 3.8) is 0 Å². The van der Waals surface area contributed by atoms with E-state index in [-0.39, 0.29) is 0 Å². The fraction of sp³-hybridized carbons (Fsp3) is 0. The van der Waals surface area contributed by atoms with E-state index in [1.165, 1.54) is 6.26 Å². The van der Waals surface area contributed by atoms with E-state index in [0.717, 1.165) is 11.0 Å². The van der Waals surface area contributed by atoms with Crippen LogP contribution in [0, 0.1) is 0 Å². The molecule has 68 valence electrons. The van der Waals surface area contributed by atoms with Crippen LogP contribution in [0.1, 0.15) is 0 Å². The summed E-state index contributed by atoms with van der Waals surface area (Å²) in [6.07, 6.45) is 1.46. The minimum absolute atomic E-state index is 0.612. The van der Waals surface area contributed by atoms with Gasteiger partial charge in [0, 0.05) is 10.7 Å². The number of nitrogens with zero attached hydrogens (tertiary/aromatic N) is 2. The number of furan rings is 1. The Kier molecular flexibility index (Phi) is 1.41. The monoisotopic (exact) mass is 186 g/mol. The topological polar surface area (TPSA) is 52.1 Å². The molecule has 0 amide bonds. The van der Waals surface area contributed by atoms with Gasteiger partial charge in [0.05, 0.1) is 0 Å². The number of aromatic nitrogens is 2. The molecule has 2 heterocycles. The Bertz CT molecular complexity index is 521. The van der Waals surface area contributed by atoms with Crippen LogP contribution in [0.5, 0.6) is 0 Å². The summed E-state index contributed by atoms with van der Waals surface area (Å²) in [6.45, 7) is 0. The molecule has 14 heavy (non-hydrogen) atoms. The van der Waals surface area contributed by atoms with E-state index in [1.54, 1.807) is 0 Å². The maximum Gasteiger partial charge on any atom is 0.169 e. The first kappa shape index (κ1) is 7.32. The minimum Gasteiger partial charge on any atom is -0.454 e. The first-order valence-corrected chi connectivity index (χ1v) is 4.19. The molecule has 0 aliphatic heterocycles. The maximum absolute atomic E-state index is 5.55. The van der Waals surface area contributed by atoms with Gasteiger partial charge in [-0.15, -0.1) is 5.10 Å². The Morgan fingerprint density at radius 1 is 1.14 bits per heavy atom. The fourth-order valence-corrected chi connectivity index (χ4v) is 1.38. The Balaban J connectivity index is 2.24. The third-order valence-electron chi connectivity index (χ3n) is 2.04. The molecule has 3 rings (SSSR count). The third kappa shape index (κ3) is 1.01. The standard InChI is InChI=1S/C10H6N2O2/c1-2-4-9-7(3-1)5-10(14-9)8-6-13-12-11-8/h1-6H. The third-order valence-corrected chi connectivity index (χ3v) is 2.04. The molecular formula is C10H6N2O2. The summed E-state index contributed by atoms with van der Waals surface area (Å²) in [5, 5.41) is 8.20. The van der Waals surface area contributed by atoms with E-state index in [0.29, 0.717) is 11.5 Å². The molecule has 4 nitrogen and oxygen atoms in total. The Morgan fingerprint density at radius 2 is 2.07 bits per heavy atom. The van der Waals surface area contributed by atoms with E-state index in [1.807, 2.05) is 30.3 Å². The molecule has 0 bridgehead atoms. The molecule has 0 spiro atoms. The normalized spacial score (nSPS) is 10.9. The van der Waals surface area contributed by atoms with Gasteiger partial charge in [-0.2, -0.15) is 0 Å². The molecule has 0 aliphatic carbocycles. The summed E-state index contributed by atoms with van der Waals surface area (Å²) in [5.74, 6) is 0.674. The van der Waals surface area contributed by atoms with Gasteiger partial charge in [-0.3, -0.25) is 0 Å². The number of rotatable bonds is 1. The van der Waals surface area contributed by atoms with Crippen molar-refractivity contribution < 1.29 is 8.94 Å². The van der Waals surface area contributed by atoms with Gasteiger partial charge in [0.15, 0.2) is 17.7 Å². The fourth-order valence-electron chi connectivity index (χ4n) is 1.38. The van der Waals surface area contributed by atoms with Crippen LogP contribution in [0.15, 0.2) is 45.5 Å². The summed E-state index contributed by atoms with van der Waals surface area (Å²) in [5.41, 5.74) is 1.45. The number of hydrogen-bond donors (Lipinski definition) is 0. The zero-order valence-corrected chi connectivity index (χ0v) is 7.18. The largest absolute Gasteiger partial charge is 0.454 e. The van der Waals surface area contributed by atoms with Crippen LogP contribution in [-0.4, -0.2) is 10.4 Å². The van der Waals surface area contributed by atoms with Crippen molar-refractivity contribution in [1.82, 2.24) is 10.4 Å². The van der Waals surface area contributed by atoms with Crippen molar-refractivity contribution in [1.29, 1.82) is 0 Å². The highest BCUT2D eigenvalue weighted by Crippen LogP contribution is 2.25. The highest BCUT2D eigenvalue weighted by atomic mass is 16.5. The van der Waals surface area contributed by atoms with Crippen molar-refractivity contribution in [2.24, 2.45) is 0 Å². The molecule has 0 fully saturated rings. The van der Waals surface area contributed by atoms with Crippen molar-refractivity contribution in [2.75, 3.05) is 0 Å². The summed E-state index contributed by atoms with van der Waals surface area (Å²) >= 11 is 0. The molecule has 3 aromatic rings. The Morgan fingerprint density at radius 3 is 2.86 bits per heavy atom. The van der Waals surface area contributed by atoms with E-state index in [2.05, 4.69) is 14.9 Å².